The van der Waals surface area contributed by atoms with E-state index in [0.29, 0.717) is 35.6 Å². The van der Waals surface area contributed by atoms with Crippen molar-refractivity contribution in [1.29, 1.82) is 5.26 Å². The molecule has 1 aliphatic carbocycles. The van der Waals surface area contributed by atoms with Crippen molar-refractivity contribution in [2.24, 2.45) is 11.1 Å². The Bertz CT molecular complexity index is 1710. The van der Waals surface area contributed by atoms with Crippen molar-refractivity contribution in [3.63, 3.8) is 0 Å². The number of nitriles is 1. The van der Waals surface area contributed by atoms with Gasteiger partial charge < -0.3 is 5.73 Å². The maximum absolute atomic E-state index is 14.0. The number of allylic oxidation sites excluding steroid dienone is 3. The van der Waals surface area contributed by atoms with Gasteiger partial charge in [-0.15, -0.1) is 11.8 Å². The number of nitrogens with two attached hydrogens (primary N) is 1. The molecule has 4 nitrogen and oxygen atoms in total. The molecule has 3 aromatic carbocycles. The number of aryl methyl sites for hydroxylation is 2. The first kappa shape index (κ1) is 30.5. The van der Waals surface area contributed by atoms with E-state index in [-0.39, 0.29) is 17.2 Å². The van der Waals surface area contributed by atoms with E-state index >= 15 is 0 Å². The van der Waals surface area contributed by atoms with Gasteiger partial charge in [-0.2, -0.15) is 18.4 Å². The molecule has 0 saturated heterocycles. The number of rotatable bonds is 5. The summed E-state index contributed by atoms with van der Waals surface area (Å²) in [7, 11) is 0. The first-order valence-electron chi connectivity index (χ1n) is 14.1. The molecule has 1 atom stereocenters. The second-order valence-corrected chi connectivity index (χ2v) is 13.2. The molecule has 0 bridgehead atoms. The van der Waals surface area contributed by atoms with Gasteiger partial charge in [-0.05, 0) is 85.2 Å². The minimum Gasteiger partial charge on any atom is -0.384 e. The van der Waals surface area contributed by atoms with Gasteiger partial charge >= 0.3 is 6.18 Å². The number of carbonyl (C=O) groups excluding carboxylic acids is 1. The Morgan fingerprint density at radius 3 is 2.35 bits per heavy atom. The van der Waals surface area contributed by atoms with Gasteiger partial charge in [0.1, 0.15) is 5.82 Å². The summed E-state index contributed by atoms with van der Waals surface area (Å²) in [5.41, 5.74) is 12.5. The molecule has 8 heteroatoms. The Morgan fingerprint density at radius 1 is 1.05 bits per heavy atom. The number of benzene rings is 3. The molecule has 2 aliphatic rings. The van der Waals surface area contributed by atoms with Crippen molar-refractivity contribution in [3.05, 3.63) is 117 Å². The average Bonchev–Trinajstić information content (AvgIpc) is 2.92. The van der Waals surface area contributed by atoms with Crippen molar-refractivity contribution < 1.29 is 18.0 Å². The van der Waals surface area contributed by atoms with Crippen LogP contribution in [0.5, 0.6) is 0 Å². The summed E-state index contributed by atoms with van der Waals surface area (Å²) in [6, 6.07) is 19.4. The Balaban J connectivity index is 1.66. The second kappa shape index (κ2) is 11.3. The van der Waals surface area contributed by atoms with E-state index in [1.807, 2.05) is 45.9 Å². The largest absolute Gasteiger partial charge is 0.416 e. The number of Topliss-reactive ketones (excluding diaryl/α,β-unsaturated/α-hetero) is 1. The first-order chi connectivity index (χ1) is 20.2. The minimum atomic E-state index is -4.49. The molecule has 0 radical (unpaired) electrons. The number of nitrogens with zero attached hydrogens (tertiary/aromatic N) is 2. The van der Waals surface area contributed by atoms with E-state index in [0.717, 1.165) is 34.4 Å². The maximum atomic E-state index is 14.0. The van der Waals surface area contributed by atoms with Crippen LogP contribution >= 0.6 is 11.8 Å². The molecule has 1 heterocycles. The predicted molar refractivity (Wildman–Crippen MR) is 165 cm³/mol. The molecule has 0 spiro atoms. The fraction of sp³-hybridized carbons (Fsp3) is 0.314. The van der Waals surface area contributed by atoms with E-state index < -0.39 is 23.1 Å². The maximum Gasteiger partial charge on any atom is 0.416 e. The SMILES string of the molecule is Cc1cc(CSc2ccccc2C)c(C)c(C2C(C#N)=C(N)N(c3ccc(C(F)(F)F)cc3)C3=C2C(=O)CC(C)(C)C3)c1. The summed E-state index contributed by atoms with van der Waals surface area (Å²) >= 11 is 1.74. The number of halogens is 3. The topological polar surface area (TPSA) is 70.1 Å². The Hall–Kier alpha value is -3.96. The van der Waals surface area contributed by atoms with Gasteiger partial charge in [0, 0.05) is 34.0 Å². The summed E-state index contributed by atoms with van der Waals surface area (Å²) in [5, 5.41) is 10.5. The molecule has 5 rings (SSSR count). The molecule has 3 aromatic rings. The number of hydrogen-bond acceptors (Lipinski definition) is 5. The van der Waals surface area contributed by atoms with Crippen LogP contribution in [0.3, 0.4) is 0 Å². The van der Waals surface area contributed by atoms with Crippen LogP contribution in [0.1, 0.15) is 66.0 Å². The fourth-order valence-electron chi connectivity index (χ4n) is 6.20. The Kier molecular flexibility index (Phi) is 8.00. The molecule has 222 valence electrons. The summed E-state index contributed by atoms with van der Waals surface area (Å²) in [5.74, 6) is 0.0961. The standard InChI is InChI=1S/C35H34F3N3OS/c1-20-14-23(19-43-30-9-7-6-8-21(30)2)22(3)26(15-20)31-27(18-39)33(40)41(25-12-10-24(11-13-25)35(36,37)38)28-16-34(4,5)17-29(42)32(28)31/h6-15,31H,16-17,19,40H2,1-5H3. The van der Waals surface area contributed by atoms with Crippen molar-refractivity contribution >= 4 is 23.2 Å². The second-order valence-electron chi connectivity index (χ2n) is 12.2. The van der Waals surface area contributed by atoms with Crippen LogP contribution in [0.2, 0.25) is 0 Å². The third-order valence-corrected chi connectivity index (χ3v) is 9.55. The lowest BCUT2D eigenvalue weighted by atomic mass is 9.68. The molecule has 1 aliphatic heterocycles. The van der Waals surface area contributed by atoms with Crippen LogP contribution in [-0.4, -0.2) is 5.78 Å². The molecule has 43 heavy (non-hydrogen) atoms. The first-order valence-corrected chi connectivity index (χ1v) is 15.1. The molecule has 0 aromatic heterocycles. The Morgan fingerprint density at radius 2 is 1.72 bits per heavy atom. The number of ketones is 1. The highest BCUT2D eigenvalue weighted by Crippen LogP contribution is 2.51. The van der Waals surface area contributed by atoms with Crippen LogP contribution in [-0.2, 0) is 16.7 Å². The molecule has 1 unspecified atom stereocenters. The molecule has 0 amide bonds. The van der Waals surface area contributed by atoms with Gasteiger partial charge in [0.2, 0.25) is 0 Å². The zero-order chi connectivity index (χ0) is 31.3. The zero-order valence-corrected chi connectivity index (χ0v) is 25.7. The molecule has 0 fully saturated rings. The summed E-state index contributed by atoms with van der Waals surface area (Å²) < 4.78 is 40.0. The van der Waals surface area contributed by atoms with Crippen LogP contribution < -0.4 is 10.6 Å². The van der Waals surface area contributed by atoms with Gasteiger partial charge in [-0.1, -0.05) is 49.7 Å². The summed E-state index contributed by atoms with van der Waals surface area (Å²) in [4.78, 5) is 16.8. The van der Waals surface area contributed by atoms with Crippen molar-refractivity contribution in [1.82, 2.24) is 0 Å². The zero-order valence-electron chi connectivity index (χ0n) is 24.9. The minimum absolute atomic E-state index is 0.0786. The van der Waals surface area contributed by atoms with Crippen molar-refractivity contribution in [2.75, 3.05) is 4.90 Å². The van der Waals surface area contributed by atoms with Gasteiger partial charge in [0.25, 0.3) is 0 Å². The van der Waals surface area contributed by atoms with E-state index in [9.17, 15) is 23.2 Å². The van der Waals surface area contributed by atoms with Gasteiger partial charge in [-0.3, -0.25) is 9.69 Å². The third kappa shape index (κ3) is 5.83. The van der Waals surface area contributed by atoms with Gasteiger partial charge in [0.15, 0.2) is 5.78 Å². The summed E-state index contributed by atoms with van der Waals surface area (Å²) in [6.07, 6.45) is -3.72. The van der Waals surface area contributed by atoms with E-state index in [1.165, 1.54) is 22.6 Å². The lowest BCUT2D eigenvalue weighted by molar-refractivity contribution is -0.137. The molecule has 0 saturated carbocycles. The highest BCUT2D eigenvalue weighted by Gasteiger charge is 2.45. The monoisotopic (exact) mass is 601 g/mol. The third-order valence-electron chi connectivity index (χ3n) is 8.32. The van der Waals surface area contributed by atoms with Crippen molar-refractivity contribution in [2.45, 2.75) is 70.2 Å². The number of carbonyl (C=O) groups is 1. The van der Waals surface area contributed by atoms with Crippen LogP contribution in [0.25, 0.3) is 0 Å². The van der Waals surface area contributed by atoms with Crippen molar-refractivity contribution in [3.8, 4) is 6.07 Å². The average molecular weight is 602 g/mol. The number of hydrogen-bond donors (Lipinski definition) is 1. The van der Waals surface area contributed by atoms with Crippen LogP contribution in [0.4, 0.5) is 18.9 Å². The van der Waals surface area contributed by atoms with Gasteiger partial charge in [-0.25, -0.2) is 0 Å². The molecule has 2 N–H and O–H groups in total. The van der Waals surface area contributed by atoms with E-state index in [1.54, 1.807) is 16.7 Å². The lowest BCUT2D eigenvalue weighted by Gasteiger charge is -2.44. The number of thioether (sulfide) groups is 1. The van der Waals surface area contributed by atoms with Crippen LogP contribution in [0.15, 0.2) is 88.2 Å². The molecular weight excluding hydrogens is 567 g/mol. The number of anilines is 1. The van der Waals surface area contributed by atoms with E-state index in [4.69, 9.17) is 5.73 Å². The Labute approximate surface area is 255 Å². The normalized spacial score (nSPS) is 18.5. The quantitative estimate of drug-likeness (QED) is 0.296. The highest BCUT2D eigenvalue weighted by molar-refractivity contribution is 7.98. The summed E-state index contributed by atoms with van der Waals surface area (Å²) in [6.45, 7) is 10.1. The number of alkyl halides is 3. The van der Waals surface area contributed by atoms with Crippen LogP contribution in [0, 0.1) is 37.5 Å². The smallest absolute Gasteiger partial charge is 0.384 e. The predicted octanol–water partition coefficient (Wildman–Crippen LogP) is 8.86. The fourth-order valence-corrected chi connectivity index (χ4v) is 7.28. The van der Waals surface area contributed by atoms with E-state index in [2.05, 4.69) is 31.2 Å². The lowest BCUT2D eigenvalue weighted by Crippen LogP contribution is -2.42. The van der Waals surface area contributed by atoms with Gasteiger partial charge in [0.05, 0.1) is 23.1 Å². The highest BCUT2D eigenvalue weighted by atomic mass is 32.2. The molecular formula is C35H34F3N3OS.